The maximum atomic E-state index is 12.8. The number of rotatable bonds is 4. The van der Waals surface area contributed by atoms with Gasteiger partial charge in [0.25, 0.3) is 5.91 Å². The number of morpholine rings is 1. The lowest BCUT2D eigenvalue weighted by Crippen LogP contribution is -2.42. The zero-order chi connectivity index (χ0) is 17.1. The summed E-state index contributed by atoms with van der Waals surface area (Å²) in [5.74, 6) is 0.860. The van der Waals surface area contributed by atoms with Gasteiger partial charge in [0, 0.05) is 20.6 Å². The van der Waals surface area contributed by atoms with Crippen LogP contribution in [0.25, 0.3) is 0 Å². The standard InChI is InChI=1S/C16H21N5O2S/c1-4-11-15(24-19-18-11)16(22)21-8-9-23-13(10-21)12-6-5-7-14(17-12)20(2)3/h5-7,13H,4,8-10H2,1-3H3/t13-/m0/s1. The molecule has 0 saturated carbocycles. The van der Waals surface area contributed by atoms with Crippen molar-refractivity contribution in [1.29, 1.82) is 0 Å². The average molecular weight is 347 g/mol. The van der Waals surface area contributed by atoms with Crippen LogP contribution in [0.3, 0.4) is 0 Å². The highest BCUT2D eigenvalue weighted by Crippen LogP contribution is 2.24. The van der Waals surface area contributed by atoms with Gasteiger partial charge in [-0.3, -0.25) is 4.79 Å². The third kappa shape index (κ3) is 3.39. The van der Waals surface area contributed by atoms with Crippen LogP contribution in [0.5, 0.6) is 0 Å². The second kappa shape index (κ2) is 7.23. The molecule has 8 heteroatoms. The molecule has 7 nitrogen and oxygen atoms in total. The van der Waals surface area contributed by atoms with E-state index in [9.17, 15) is 4.79 Å². The molecule has 0 aliphatic carbocycles. The van der Waals surface area contributed by atoms with Crippen molar-refractivity contribution in [3.05, 3.63) is 34.5 Å². The topological polar surface area (TPSA) is 71.5 Å². The smallest absolute Gasteiger partial charge is 0.267 e. The van der Waals surface area contributed by atoms with Crippen LogP contribution in [0.1, 0.15) is 34.1 Å². The number of pyridine rings is 1. The summed E-state index contributed by atoms with van der Waals surface area (Å²) in [6.07, 6.45) is 0.492. The van der Waals surface area contributed by atoms with Crippen molar-refractivity contribution in [1.82, 2.24) is 19.5 Å². The van der Waals surface area contributed by atoms with Crippen molar-refractivity contribution in [2.24, 2.45) is 0 Å². The highest BCUT2D eigenvalue weighted by atomic mass is 32.1. The fraction of sp³-hybridized carbons (Fsp3) is 0.500. The predicted octanol–water partition coefficient (Wildman–Crippen LogP) is 1.78. The minimum atomic E-state index is -0.214. The molecule has 1 fully saturated rings. The maximum Gasteiger partial charge on any atom is 0.267 e. The number of carbonyl (C=O) groups is 1. The molecule has 2 aromatic rings. The summed E-state index contributed by atoms with van der Waals surface area (Å²) in [4.78, 5) is 21.8. The molecular formula is C16H21N5O2S. The lowest BCUT2D eigenvalue weighted by atomic mass is 10.1. The fourth-order valence-electron chi connectivity index (χ4n) is 2.63. The molecule has 0 radical (unpaired) electrons. The van der Waals surface area contributed by atoms with Crippen molar-refractivity contribution in [3.63, 3.8) is 0 Å². The van der Waals surface area contributed by atoms with Crippen LogP contribution in [0, 0.1) is 0 Å². The van der Waals surface area contributed by atoms with Gasteiger partial charge in [0.1, 0.15) is 16.8 Å². The number of carbonyl (C=O) groups excluding carboxylic acids is 1. The van der Waals surface area contributed by atoms with E-state index in [0.717, 1.165) is 28.7 Å². The normalized spacial score (nSPS) is 17.8. The molecule has 1 aliphatic heterocycles. The Kier molecular flexibility index (Phi) is 5.06. The molecule has 0 bridgehead atoms. The summed E-state index contributed by atoms with van der Waals surface area (Å²) < 4.78 is 9.76. The molecule has 3 rings (SSSR count). The zero-order valence-corrected chi connectivity index (χ0v) is 14.9. The zero-order valence-electron chi connectivity index (χ0n) is 14.1. The predicted molar refractivity (Wildman–Crippen MR) is 92.4 cm³/mol. The van der Waals surface area contributed by atoms with Gasteiger partial charge in [-0.25, -0.2) is 4.98 Å². The van der Waals surface area contributed by atoms with E-state index in [1.807, 2.05) is 49.0 Å². The summed E-state index contributed by atoms with van der Waals surface area (Å²) in [6.45, 7) is 3.54. The number of hydrogen-bond donors (Lipinski definition) is 0. The first-order valence-corrected chi connectivity index (χ1v) is 8.74. The summed E-state index contributed by atoms with van der Waals surface area (Å²) in [5, 5.41) is 4.03. The van der Waals surface area contributed by atoms with Gasteiger partial charge < -0.3 is 14.5 Å². The van der Waals surface area contributed by atoms with Crippen molar-refractivity contribution >= 4 is 23.3 Å². The van der Waals surface area contributed by atoms with Crippen molar-refractivity contribution < 1.29 is 9.53 Å². The van der Waals surface area contributed by atoms with Gasteiger partial charge in [0.05, 0.1) is 24.5 Å². The van der Waals surface area contributed by atoms with Crippen LogP contribution in [0.15, 0.2) is 18.2 Å². The number of anilines is 1. The van der Waals surface area contributed by atoms with Crippen molar-refractivity contribution in [3.8, 4) is 0 Å². The molecule has 0 N–H and O–H groups in total. The Hall–Kier alpha value is -2.06. The van der Waals surface area contributed by atoms with Crippen LogP contribution in [-0.2, 0) is 11.2 Å². The number of hydrogen-bond acceptors (Lipinski definition) is 7. The van der Waals surface area contributed by atoms with E-state index in [0.29, 0.717) is 31.0 Å². The molecular weight excluding hydrogens is 326 g/mol. The van der Waals surface area contributed by atoms with Gasteiger partial charge in [-0.05, 0) is 30.1 Å². The van der Waals surface area contributed by atoms with Gasteiger partial charge in [0.15, 0.2) is 0 Å². The lowest BCUT2D eigenvalue weighted by molar-refractivity contribution is -0.0245. The number of ether oxygens (including phenoxy) is 1. The Bertz CT molecular complexity index is 718. The molecule has 1 atom stereocenters. The average Bonchev–Trinajstić information content (AvgIpc) is 3.10. The molecule has 0 unspecified atom stereocenters. The lowest BCUT2D eigenvalue weighted by Gasteiger charge is -2.32. The molecule has 2 aromatic heterocycles. The second-order valence-electron chi connectivity index (χ2n) is 5.83. The highest BCUT2D eigenvalue weighted by Gasteiger charge is 2.29. The van der Waals surface area contributed by atoms with E-state index in [2.05, 4.69) is 14.6 Å². The number of nitrogens with zero attached hydrogens (tertiary/aromatic N) is 5. The number of aromatic nitrogens is 3. The minimum Gasteiger partial charge on any atom is -0.368 e. The van der Waals surface area contributed by atoms with Crippen LogP contribution in [-0.4, -0.2) is 59.2 Å². The van der Waals surface area contributed by atoms with E-state index < -0.39 is 0 Å². The third-order valence-corrected chi connectivity index (χ3v) is 4.74. The van der Waals surface area contributed by atoms with Crippen molar-refractivity contribution in [2.45, 2.75) is 19.4 Å². The Labute approximate surface area is 145 Å². The molecule has 1 aliphatic rings. The minimum absolute atomic E-state index is 0.0149. The van der Waals surface area contributed by atoms with Gasteiger partial charge in [-0.15, -0.1) is 5.10 Å². The Morgan fingerprint density at radius 3 is 3.04 bits per heavy atom. The van der Waals surface area contributed by atoms with Crippen LogP contribution >= 0.6 is 11.5 Å². The fourth-order valence-corrected chi connectivity index (χ4v) is 3.35. The summed E-state index contributed by atoms with van der Waals surface area (Å²) in [6, 6.07) is 5.85. The summed E-state index contributed by atoms with van der Waals surface area (Å²) in [5.41, 5.74) is 1.61. The first kappa shape index (κ1) is 16.8. The summed E-state index contributed by atoms with van der Waals surface area (Å²) in [7, 11) is 3.90. The quantitative estimate of drug-likeness (QED) is 0.839. The van der Waals surface area contributed by atoms with Crippen LogP contribution < -0.4 is 4.90 Å². The first-order chi connectivity index (χ1) is 11.6. The molecule has 0 spiro atoms. The van der Waals surface area contributed by atoms with E-state index in [-0.39, 0.29) is 12.0 Å². The van der Waals surface area contributed by atoms with Crippen LogP contribution in [0.2, 0.25) is 0 Å². The largest absolute Gasteiger partial charge is 0.368 e. The SMILES string of the molecule is CCc1nnsc1C(=O)N1CCO[C@H](c2cccc(N(C)C)n2)C1. The summed E-state index contributed by atoms with van der Waals surface area (Å²) >= 11 is 1.16. The third-order valence-electron chi connectivity index (χ3n) is 3.98. The molecule has 24 heavy (non-hydrogen) atoms. The first-order valence-electron chi connectivity index (χ1n) is 7.96. The van der Waals surface area contributed by atoms with Gasteiger partial charge in [-0.2, -0.15) is 0 Å². The molecule has 1 saturated heterocycles. The molecule has 1 amide bonds. The number of amides is 1. The Balaban J connectivity index is 1.77. The molecule has 0 aromatic carbocycles. The number of aryl methyl sites for hydroxylation is 1. The van der Waals surface area contributed by atoms with E-state index in [1.54, 1.807) is 0 Å². The molecule has 3 heterocycles. The second-order valence-corrected chi connectivity index (χ2v) is 6.58. The highest BCUT2D eigenvalue weighted by molar-refractivity contribution is 7.08. The van der Waals surface area contributed by atoms with Crippen molar-refractivity contribution in [2.75, 3.05) is 38.7 Å². The Morgan fingerprint density at radius 2 is 2.29 bits per heavy atom. The van der Waals surface area contributed by atoms with E-state index >= 15 is 0 Å². The van der Waals surface area contributed by atoms with Gasteiger partial charge in [0.2, 0.25) is 0 Å². The van der Waals surface area contributed by atoms with E-state index in [4.69, 9.17) is 4.74 Å². The van der Waals surface area contributed by atoms with Gasteiger partial charge in [-0.1, -0.05) is 17.5 Å². The van der Waals surface area contributed by atoms with Gasteiger partial charge >= 0.3 is 0 Å². The monoisotopic (exact) mass is 347 g/mol. The van der Waals surface area contributed by atoms with E-state index in [1.165, 1.54) is 0 Å². The Morgan fingerprint density at radius 1 is 1.46 bits per heavy atom. The molecule has 128 valence electrons. The van der Waals surface area contributed by atoms with Crippen LogP contribution in [0.4, 0.5) is 5.82 Å². The maximum absolute atomic E-state index is 12.8.